The van der Waals surface area contributed by atoms with Crippen molar-refractivity contribution in [1.82, 2.24) is 4.90 Å². The fourth-order valence-electron chi connectivity index (χ4n) is 2.08. The molecule has 4 nitrogen and oxygen atoms in total. The summed E-state index contributed by atoms with van der Waals surface area (Å²) in [6.07, 6.45) is 0.00666. The lowest BCUT2D eigenvalue weighted by atomic mass is 10.1. The zero-order valence-corrected chi connectivity index (χ0v) is 10.7. The van der Waals surface area contributed by atoms with Crippen molar-refractivity contribution < 1.29 is 18.3 Å². The SMILES string of the molecule is CN1CCC(Oc2c(F)cc(CCN)cc2F)C1=O. The van der Waals surface area contributed by atoms with E-state index in [2.05, 4.69) is 0 Å². The number of nitrogens with two attached hydrogens (primary N) is 1. The Morgan fingerprint density at radius 2 is 2.05 bits per heavy atom. The van der Waals surface area contributed by atoms with Crippen LogP contribution in [0.2, 0.25) is 0 Å². The fraction of sp³-hybridized carbons (Fsp3) is 0.462. The molecule has 0 aromatic heterocycles. The van der Waals surface area contributed by atoms with Crippen LogP contribution in [0.5, 0.6) is 5.75 Å². The number of likely N-dealkylation sites (N-methyl/N-ethyl adjacent to an activating group) is 1. The topological polar surface area (TPSA) is 55.6 Å². The largest absolute Gasteiger partial charge is 0.474 e. The van der Waals surface area contributed by atoms with Gasteiger partial charge < -0.3 is 15.4 Å². The third-order valence-corrected chi connectivity index (χ3v) is 3.13. The van der Waals surface area contributed by atoms with Gasteiger partial charge in [0.2, 0.25) is 0 Å². The lowest BCUT2D eigenvalue weighted by Gasteiger charge is -2.14. The quantitative estimate of drug-likeness (QED) is 0.890. The van der Waals surface area contributed by atoms with Gasteiger partial charge in [0, 0.05) is 20.0 Å². The van der Waals surface area contributed by atoms with Gasteiger partial charge in [0.1, 0.15) is 0 Å². The highest BCUT2D eigenvalue weighted by Gasteiger charge is 2.32. The molecule has 0 bridgehead atoms. The molecule has 1 aromatic rings. The average Bonchev–Trinajstić information content (AvgIpc) is 2.66. The minimum absolute atomic E-state index is 0.259. The van der Waals surface area contributed by atoms with Crippen LogP contribution >= 0.6 is 0 Å². The number of nitrogens with zero attached hydrogens (tertiary/aromatic N) is 1. The number of carbonyl (C=O) groups is 1. The second-order valence-corrected chi connectivity index (χ2v) is 4.58. The maximum Gasteiger partial charge on any atom is 0.263 e. The molecule has 1 unspecified atom stereocenters. The van der Waals surface area contributed by atoms with Gasteiger partial charge in [-0.25, -0.2) is 8.78 Å². The van der Waals surface area contributed by atoms with Crippen LogP contribution in [0.25, 0.3) is 0 Å². The summed E-state index contributed by atoms with van der Waals surface area (Å²) in [4.78, 5) is 13.1. The van der Waals surface area contributed by atoms with E-state index in [1.165, 1.54) is 17.0 Å². The maximum atomic E-state index is 13.8. The fourth-order valence-corrected chi connectivity index (χ4v) is 2.08. The monoisotopic (exact) mass is 270 g/mol. The van der Waals surface area contributed by atoms with Crippen molar-refractivity contribution in [2.24, 2.45) is 5.73 Å². The number of halogens is 2. The van der Waals surface area contributed by atoms with Crippen molar-refractivity contribution in [1.29, 1.82) is 0 Å². The molecule has 19 heavy (non-hydrogen) atoms. The van der Waals surface area contributed by atoms with E-state index in [0.717, 1.165) is 0 Å². The maximum absolute atomic E-state index is 13.8. The Morgan fingerprint density at radius 1 is 1.42 bits per heavy atom. The van der Waals surface area contributed by atoms with Crippen LogP contribution in [0.3, 0.4) is 0 Å². The van der Waals surface area contributed by atoms with E-state index in [0.29, 0.717) is 31.5 Å². The summed E-state index contributed by atoms with van der Waals surface area (Å²) in [5, 5.41) is 0. The van der Waals surface area contributed by atoms with Gasteiger partial charge in [-0.2, -0.15) is 0 Å². The molecular weight excluding hydrogens is 254 g/mol. The molecule has 1 aliphatic heterocycles. The van der Waals surface area contributed by atoms with E-state index >= 15 is 0 Å². The van der Waals surface area contributed by atoms with E-state index in [1.54, 1.807) is 7.05 Å². The lowest BCUT2D eigenvalue weighted by molar-refractivity contribution is -0.132. The molecule has 2 N–H and O–H groups in total. The minimum atomic E-state index is -0.811. The van der Waals surface area contributed by atoms with Crippen LogP contribution in [-0.4, -0.2) is 37.0 Å². The first kappa shape index (κ1) is 13.7. The molecule has 0 aliphatic carbocycles. The number of carbonyl (C=O) groups excluding carboxylic acids is 1. The number of rotatable bonds is 4. The van der Waals surface area contributed by atoms with E-state index in [4.69, 9.17) is 10.5 Å². The number of likely N-dealkylation sites (tertiary alicyclic amines) is 1. The molecule has 2 rings (SSSR count). The van der Waals surface area contributed by atoms with Crippen LogP contribution in [0, 0.1) is 11.6 Å². The Hall–Kier alpha value is -1.69. The average molecular weight is 270 g/mol. The van der Waals surface area contributed by atoms with E-state index in [-0.39, 0.29) is 5.91 Å². The summed E-state index contributed by atoms with van der Waals surface area (Å²) in [6.45, 7) is 0.836. The second-order valence-electron chi connectivity index (χ2n) is 4.58. The van der Waals surface area contributed by atoms with Gasteiger partial charge in [-0.05, 0) is 30.7 Å². The minimum Gasteiger partial charge on any atom is -0.474 e. The lowest BCUT2D eigenvalue weighted by Crippen LogP contribution is -2.30. The number of benzene rings is 1. The Kier molecular flexibility index (Phi) is 3.99. The van der Waals surface area contributed by atoms with Crippen LogP contribution in [0.1, 0.15) is 12.0 Å². The van der Waals surface area contributed by atoms with Gasteiger partial charge in [-0.15, -0.1) is 0 Å². The zero-order valence-electron chi connectivity index (χ0n) is 10.7. The number of ether oxygens (including phenoxy) is 1. The molecule has 1 heterocycles. The van der Waals surface area contributed by atoms with Crippen molar-refractivity contribution in [3.8, 4) is 5.75 Å². The smallest absolute Gasteiger partial charge is 0.263 e. The number of hydrogen-bond acceptors (Lipinski definition) is 3. The molecular formula is C13H16F2N2O2. The predicted molar refractivity (Wildman–Crippen MR) is 65.8 cm³/mol. The summed E-state index contributed by atoms with van der Waals surface area (Å²) in [5.41, 5.74) is 5.81. The van der Waals surface area contributed by atoms with Crippen molar-refractivity contribution in [3.05, 3.63) is 29.3 Å². The summed E-state index contributed by atoms with van der Waals surface area (Å²) >= 11 is 0. The normalized spacial score (nSPS) is 19.1. The van der Waals surface area contributed by atoms with Gasteiger partial charge >= 0.3 is 0 Å². The summed E-state index contributed by atoms with van der Waals surface area (Å²) in [5.74, 6) is -2.35. The molecule has 1 amide bonds. The molecule has 1 aromatic carbocycles. The van der Waals surface area contributed by atoms with E-state index in [9.17, 15) is 13.6 Å². The van der Waals surface area contributed by atoms with E-state index < -0.39 is 23.5 Å². The summed E-state index contributed by atoms with van der Waals surface area (Å²) in [6, 6.07) is 2.38. The van der Waals surface area contributed by atoms with E-state index in [1.807, 2.05) is 0 Å². The Labute approximate surface area is 110 Å². The van der Waals surface area contributed by atoms with Crippen LogP contribution in [-0.2, 0) is 11.2 Å². The Balaban J connectivity index is 2.19. The molecule has 0 radical (unpaired) electrons. The number of hydrogen-bond donors (Lipinski definition) is 1. The third-order valence-electron chi connectivity index (χ3n) is 3.13. The van der Waals surface area contributed by atoms with Crippen molar-refractivity contribution in [3.63, 3.8) is 0 Å². The first-order valence-corrected chi connectivity index (χ1v) is 6.12. The number of amides is 1. The van der Waals surface area contributed by atoms with Crippen molar-refractivity contribution >= 4 is 5.91 Å². The van der Waals surface area contributed by atoms with Crippen LogP contribution in [0.15, 0.2) is 12.1 Å². The molecule has 1 fully saturated rings. The van der Waals surface area contributed by atoms with Gasteiger partial charge in [0.15, 0.2) is 23.5 Å². The van der Waals surface area contributed by atoms with Crippen LogP contribution < -0.4 is 10.5 Å². The van der Waals surface area contributed by atoms with Crippen molar-refractivity contribution in [2.75, 3.05) is 20.1 Å². The predicted octanol–water partition coefficient (Wildman–Crippen LogP) is 1.08. The molecule has 1 aliphatic rings. The third kappa shape index (κ3) is 2.84. The molecule has 6 heteroatoms. The second kappa shape index (κ2) is 5.52. The zero-order chi connectivity index (χ0) is 14.0. The van der Waals surface area contributed by atoms with Gasteiger partial charge in [0.25, 0.3) is 5.91 Å². The summed E-state index contributed by atoms with van der Waals surface area (Å²) in [7, 11) is 1.63. The molecule has 1 saturated heterocycles. The first-order valence-electron chi connectivity index (χ1n) is 6.12. The highest BCUT2D eigenvalue weighted by molar-refractivity contribution is 5.83. The standard InChI is InChI=1S/C13H16F2N2O2/c1-17-5-3-11(13(17)18)19-12-9(14)6-8(2-4-16)7-10(12)15/h6-7,11H,2-5,16H2,1H3. The Morgan fingerprint density at radius 3 is 2.53 bits per heavy atom. The summed E-state index contributed by atoms with van der Waals surface area (Å²) < 4.78 is 32.7. The Bertz CT molecular complexity index is 471. The molecule has 1 atom stereocenters. The van der Waals surface area contributed by atoms with Gasteiger partial charge in [-0.1, -0.05) is 0 Å². The highest BCUT2D eigenvalue weighted by Crippen LogP contribution is 2.26. The highest BCUT2D eigenvalue weighted by atomic mass is 19.1. The first-order chi connectivity index (χ1) is 9.02. The van der Waals surface area contributed by atoms with Crippen LogP contribution in [0.4, 0.5) is 8.78 Å². The molecule has 0 spiro atoms. The van der Waals surface area contributed by atoms with Gasteiger partial charge in [-0.3, -0.25) is 4.79 Å². The molecule has 0 saturated carbocycles. The van der Waals surface area contributed by atoms with Crippen molar-refractivity contribution in [2.45, 2.75) is 18.9 Å². The van der Waals surface area contributed by atoms with Gasteiger partial charge in [0.05, 0.1) is 0 Å². The molecule has 104 valence electrons.